The van der Waals surface area contributed by atoms with Gasteiger partial charge in [-0.1, -0.05) is 36.4 Å². The second kappa shape index (κ2) is 9.52. The van der Waals surface area contributed by atoms with Crippen molar-refractivity contribution in [2.75, 3.05) is 14.2 Å². The molecule has 0 N–H and O–H groups in total. The number of carbonyl (C=O) groups is 1. The first-order valence-electron chi connectivity index (χ1n) is 10.4. The molecule has 0 fully saturated rings. The van der Waals surface area contributed by atoms with E-state index in [1.54, 1.807) is 62.8 Å². The fraction of sp³-hybridized carbons (Fsp3) is 0.200. The number of nitrogens with zero attached hydrogens (tertiary/aromatic N) is 3. The van der Waals surface area contributed by atoms with Gasteiger partial charge < -0.3 is 9.47 Å². The Balaban J connectivity index is 1.72. The van der Waals surface area contributed by atoms with E-state index in [1.807, 2.05) is 12.1 Å². The van der Waals surface area contributed by atoms with E-state index >= 15 is 0 Å². The third kappa shape index (κ3) is 4.41. The number of hydrogen-bond acceptors (Lipinski definition) is 6. The maximum atomic E-state index is 13.3. The largest absolute Gasteiger partial charge is 0.493 e. The number of benzene rings is 2. The number of ketones is 1. The van der Waals surface area contributed by atoms with Gasteiger partial charge in [0, 0.05) is 18.3 Å². The van der Waals surface area contributed by atoms with E-state index < -0.39 is 11.2 Å². The molecule has 0 amide bonds. The van der Waals surface area contributed by atoms with Gasteiger partial charge in [0.25, 0.3) is 5.56 Å². The zero-order chi connectivity index (χ0) is 23.4. The summed E-state index contributed by atoms with van der Waals surface area (Å²) in [5.41, 5.74) is 0.797. The molecule has 33 heavy (non-hydrogen) atoms. The van der Waals surface area contributed by atoms with Gasteiger partial charge in [0.2, 0.25) is 0 Å². The fourth-order valence-corrected chi connectivity index (χ4v) is 3.73. The minimum atomic E-state index is -0.551. The number of rotatable bonds is 8. The average Bonchev–Trinajstić information content (AvgIpc) is 2.86. The van der Waals surface area contributed by atoms with Gasteiger partial charge in [-0.15, -0.1) is 0 Å². The van der Waals surface area contributed by atoms with E-state index in [2.05, 4.69) is 4.98 Å². The molecule has 0 aliphatic heterocycles. The number of ether oxygens (including phenoxy) is 2. The highest BCUT2D eigenvalue weighted by molar-refractivity contribution is 5.96. The second-order valence-corrected chi connectivity index (χ2v) is 7.43. The van der Waals surface area contributed by atoms with Crippen LogP contribution in [-0.4, -0.2) is 34.1 Å². The third-order valence-electron chi connectivity index (χ3n) is 5.46. The quantitative estimate of drug-likeness (QED) is 0.387. The molecule has 0 atom stereocenters. The zero-order valence-corrected chi connectivity index (χ0v) is 18.4. The minimum absolute atomic E-state index is 0.124. The van der Waals surface area contributed by atoms with Crippen LogP contribution in [0, 0.1) is 0 Å². The lowest BCUT2D eigenvalue weighted by Gasteiger charge is -2.14. The van der Waals surface area contributed by atoms with Crippen molar-refractivity contribution < 1.29 is 14.3 Å². The first kappa shape index (κ1) is 22.0. The summed E-state index contributed by atoms with van der Waals surface area (Å²) >= 11 is 0. The van der Waals surface area contributed by atoms with Gasteiger partial charge in [0.05, 0.1) is 26.3 Å². The predicted molar refractivity (Wildman–Crippen MR) is 124 cm³/mol. The molecule has 2 aromatic carbocycles. The Hall–Kier alpha value is -4.20. The molecule has 0 aliphatic rings. The average molecular weight is 445 g/mol. The van der Waals surface area contributed by atoms with Crippen LogP contribution in [-0.2, 0) is 19.5 Å². The molecule has 0 bridgehead atoms. The molecule has 4 rings (SSSR count). The summed E-state index contributed by atoms with van der Waals surface area (Å²) < 4.78 is 13.0. The monoisotopic (exact) mass is 445 g/mol. The Kier molecular flexibility index (Phi) is 6.35. The van der Waals surface area contributed by atoms with Crippen molar-refractivity contribution in [3.05, 3.63) is 98.8 Å². The highest BCUT2D eigenvalue weighted by Crippen LogP contribution is 2.27. The highest BCUT2D eigenvalue weighted by atomic mass is 16.5. The van der Waals surface area contributed by atoms with E-state index in [0.717, 1.165) is 10.1 Å². The van der Waals surface area contributed by atoms with Crippen molar-refractivity contribution in [1.82, 2.24) is 14.1 Å². The van der Waals surface area contributed by atoms with Crippen molar-refractivity contribution in [3.63, 3.8) is 0 Å². The molecule has 0 aliphatic carbocycles. The molecule has 168 valence electrons. The van der Waals surface area contributed by atoms with Crippen LogP contribution in [0.1, 0.15) is 15.9 Å². The maximum Gasteiger partial charge on any atom is 0.332 e. The van der Waals surface area contributed by atoms with Gasteiger partial charge in [0.1, 0.15) is 0 Å². The zero-order valence-electron chi connectivity index (χ0n) is 18.4. The third-order valence-corrected chi connectivity index (χ3v) is 5.46. The lowest BCUT2D eigenvalue weighted by Crippen LogP contribution is -2.41. The Bertz CT molecular complexity index is 1420. The number of pyridine rings is 1. The van der Waals surface area contributed by atoms with Crippen LogP contribution in [0.15, 0.2) is 76.4 Å². The van der Waals surface area contributed by atoms with E-state index in [4.69, 9.17) is 9.47 Å². The van der Waals surface area contributed by atoms with E-state index in [0.29, 0.717) is 29.0 Å². The predicted octanol–water partition coefficient (Wildman–Crippen LogP) is 2.70. The van der Waals surface area contributed by atoms with Crippen LogP contribution < -0.4 is 20.7 Å². The first-order chi connectivity index (χ1) is 16.0. The van der Waals surface area contributed by atoms with Crippen LogP contribution in [0.25, 0.3) is 11.0 Å². The van der Waals surface area contributed by atoms with Gasteiger partial charge in [-0.2, -0.15) is 0 Å². The minimum Gasteiger partial charge on any atom is -0.493 e. The van der Waals surface area contributed by atoms with Crippen molar-refractivity contribution in [1.29, 1.82) is 0 Å². The normalized spacial score (nSPS) is 10.8. The SMILES string of the molecule is COc1ccc(CCn2c(=O)c3ncccc3n(CC(=O)c3ccccc3)c2=O)cc1OC. The van der Waals surface area contributed by atoms with Crippen molar-refractivity contribution in [3.8, 4) is 11.5 Å². The summed E-state index contributed by atoms with van der Waals surface area (Å²) in [4.78, 5) is 43.4. The van der Waals surface area contributed by atoms with Crippen LogP contribution in [0.5, 0.6) is 11.5 Å². The second-order valence-electron chi connectivity index (χ2n) is 7.43. The van der Waals surface area contributed by atoms with E-state index in [-0.39, 0.29) is 24.4 Å². The molecule has 4 aromatic rings. The number of hydrogen-bond donors (Lipinski definition) is 0. The first-order valence-corrected chi connectivity index (χ1v) is 10.4. The van der Waals surface area contributed by atoms with Crippen LogP contribution >= 0.6 is 0 Å². The Morgan fingerprint density at radius 1 is 0.909 bits per heavy atom. The summed E-state index contributed by atoms with van der Waals surface area (Å²) in [6.07, 6.45) is 1.90. The summed E-state index contributed by atoms with van der Waals surface area (Å²) in [5, 5.41) is 0. The van der Waals surface area contributed by atoms with Gasteiger partial charge in [0.15, 0.2) is 22.8 Å². The molecule has 0 spiro atoms. The maximum absolute atomic E-state index is 13.3. The van der Waals surface area contributed by atoms with Gasteiger partial charge in [-0.25, -0.2) is 9.78 Å². The molecular formula is C25H23N3O5. The number of Topliss-reactive ketones (excluding diaryl/α,β-unsaturated/α-hetero) is 1. The topological polar surface area (TPSA) is 92.4 Å². The summed E-state index contributed by atoms with van der Waals surface area (Å²) in [7, 11) is 3.10. The summed E-state index contributed by atoms with van der Waals surface area (Å²) in [5.74, 6) is 0.927. The van der Waals surface area contributed by atoms with E-state index in [1.165, 1.54) is 10.8 Å². The molecule has 0 radical (unpaired) electrons. The summed E-state index contributed by atoms with van der Waals surface area (Å²) in [6.45, 7) is -0.0686. The van der Waals surface area contributed by atoms with Gasteiger partial charge in [-0.05, 0) is 36.2 Å². The lowest BCUT2D eigenvalue weighted by atomic mass is 10.1. The molecule has 2 aromatic heterocycles. The van der Waals surface area contributed by atoms with Crippen LogP contribution in [0.2, 0.25) is 0 Å². The molecule has 8 heteroatoms. The Morgan fingerprint density at radius 2 is 1.67 bits per heavy atom. The molecule has 8 nitrogen and oxygen atoms in total. The molecular weight excluding hydrogens is 422 g/mol. The Labute approximate surface area is 189 Å². The number of aryl methyl sites for hydroxylation is 1. The van der Waals surface area contributed by atoms with Crippen LogP contribution in [0.3, 0.4) is 0 Å². The lowest BCUT2D eigenvalue weighted by molar-refractivity contribution is 0.0971. The standard InChI is InChI=1S/C25H23N3O5/c1-32-21-11-10-17(15-22(21)33-2)12-14-27-24(30)23-19(9-6-13-26-23)28(25(27)31)16-20(29)18-7-4-3-5-8-18/h3-11,13,15H,12,14,16H2,1-2H3. The van der Waals surface area contributed by atoms with Gasteiger partial charge in [-0.3, -0.25) is 18.7 Å². The van der Waals surface area contributed by atoms with Crippen molar-refractivity contribution in [2.24, 2.45) is 0 Å². The molecule has 0 saturated heterocycles. The molecule has 0 saturated carbocycles. The van der Waals surface area contributed by atoms with Gasteiger partial charge >= 0.3 is 5.69 Å². The fourth-order valence-electron chi connectivity index (χ4n) is 3.73. The highest BCUT2D eigenvalue weighted by Gasteiger charge is 2.17. The number of aromatic nitrogens is 3. The Morgan fingerprint density at radius 3 is 2.39 bits per heavy atom. The number of carbonyl (C=O) groups excluding carboxylic acids is 1. The molecule has 2 heterocycles. The van der Waals surface area contributed by atoms with E-state index in [9.17, 15) is 14.4 Å². The summed E-state index contributed by atoms with van der Waals surface area (Å²) in [6, 6.07) is 17.4. The van der Waals surface area contributed by atoms with Crippen LogP contribution in [0.4, 0.5) is 0 Å². The van der Waals surface area contributed by atoms with Crippen molar-refractivity contribution >= 4 is 16.8 Å². The van der Waals surface area contributed by atoms with Crippen molar-refractivity contribution in [2.45, 2.75) is 19.5 Å². The molecule has 0 unspecified atom stereocenters. The smallest absolute Gasteiger partial charge is 0.332 e. The number of methoxy groups -OCH3 is 2. The number of fused-ring (bicyclic) bond motifs is 1.